The lowest BCUT2D eigenvalue weighted by atomic mass is 9.73. The highest BCUT2D eigenvalue weighted by Crippen LogP contribution is 2.67. The van der Waals surface area contributed by atoms with Crippen molar-refractivity contribution in [1.82, 2.24) is 15.0 Å². The molecule has 2 heterocycles. The highest BCUT2D eigenvalue weighted by atomic mass is 32.1. The van der Waals surface area contributed by atoms with Crippen LogP contribution in [0.25, 0.3) is 88.8 Å². The van der Waals surface area contributed by atoms with E-state index in [1.165, 1.54) is 65.0 Å². The average Bonchev–Trinajstić information content (AvgIpc) is 3.93. The Morgan fingerprint density at radius 3 is 1.50 bits per heavy atom. The zero-order valence-corrected chi connectivity index (χ0v) is 32.1. The third-order valence-corrected chi connectivity index (χ3v) is 13.2. The molecule has 270 valence electrons. The van der Waals surface area contributed by atoms with Gasteiger partial charge in [-0.3, -0.25) is 0 Å². The molecule has 2 aliphatic rings. The average molecular weight is 756 g/mol. The Balaban J connectivity index is 1.05. The number of nitrogens with zero attached hydrogens (tertiary/aromatic N) is 3. The molecule has 0 amide bonds. The molecule has 58 heavy (non-hydrogen) atoms. The number of hydrogen-bond donors (Lipinski definition) is 0. The van der Waals surface area contributed by atoms with Crippen LogP contribution in [0.2, 0.25) is 0 Å². The zero-order chi connectivity index (χ0) is 38.2. The maximum absolute atomic E-state index is 5.17. The Kier molecular flexibility index (Phi) is 7.31. The lowest BCUT2D eigenvalue weighted by Gasteiger charge is -2.29. The van der Waals surface area contributed by atoms with Crippen molar-refractivity contribution in [3.63, 3.8) is 0 Å². The fourth-order valence-electron chi connectivity index (χ4n) is 9.44. The molecule has 1 spiro atoms. The molecule has 0 N–H and O–H groups in total. The molecule has 0 bridgehead atoms. The van der Waals surface area contributed by atoms with Crippen molar-refractivity contribution in [2.45, 2.75) is 5.41 Å². The molecule has 8 aromatic carbocycles. The lowest BCUT2D eigenvalue weighted by Crippen LogP contribution is -2.24. The number of hydrogen-bond acceptors (Lipinski definition) is 4. The molecule has 0 saturated carbocycles. The van der Waals surface area contributed by atoms with Crippen molar-refractivity contribution < 1.29 is 0 Å². The first kappa shape index (κ1) is 32.9. The van der Waals surface area contributed by atoms with Gasteiger partial charge in [0.05, 0.1) is 5.41 Å². The van der Waals surface area contributed by atoms with Crippen LogP contribution in [0.1, 0.15) is 21.6 Å². The van der Waals surface area contributed by atoms with Crippen molar-refractivity contribution in [2.75, 3.05) is 0 Å². The van der Waals surface area contributed by atoms with Gasteiger partial charge >= 0.3 is 0 Å². The van der Waals surface area contributed by atoms with Gasteiger partial charge in [0.2, 0.25) is 0 Å². The summed E-state index contributed by atoms with van der Waals surface area (Å²) in [6, 6.07) is 71.8. The predicted octanol–water partition coefficient (Wildman–Crippen LogP) is 13.8. The summed E-state index contributed by atoms with van der Waals surface area (Å²) in [7, 11) is 0. The van der Waals surface area contributed by atoms with E-state index in [2.05, 4.69) is 176 Å². The minimum absolute atomic E-state index is 0.404. The van der Waals surface area contributed by atoms with E-state index >= 15 is 0 Å². The largest absolute Gasteiger partial charge is 0.208 e. The summed E-state index contributed by atoms with van der Waals surface area (Å²) >= 11 is 1.94. The monoisotopic (exact) mass is 755 g/mol. The minimum atomic E-state index is -0.404. The molecule has 0 unspecified atom stereocenters. The molecule has 0 saturated heterocycles. The second kappa shape index (κ2) is 12.9. The lowest BCUT2D eigenvalue weighted by molar-refractivity contribution is 0.812. The van der Waals surface area contributed by atoms with Crippen LogP contribution in [-0.4, -0.2) is 15.0 Å². The van der Waals surface area contributed by atoms with E-state index in [4.69, 9.17) is 15.0 Å². The third-order valence-electron chi connectivity index (χ3n) is 12.0. The van der Waals surface area contributed by atoms with Gasteiger partial charge in [-0.2, -0.15) is 0 Å². The van der Waals surface area contributed by atoms with Gasteiger partial charge < -0.3 is 0 Å². The van der Waals surface area contributed by atoms with Crippen LogP contribution in [0.15, 0.2) is 200 Å². The molecule has 10 aromatic rings. The van der Waals surface area contributed by atoms with E-state index in [0.717, 1.165) is 27.8 Å². The van der Waals surface area contributed by atoms with Gasteiger partial charge in [0.1, 0.15) is 0 Å². The fourth-order valence-corrected chi connectivity index (χ4v) is 10.9. The topological polar surface area (TPSA) is 38.7 Å². The first-order valence-corrected chi connectivity index (χ1v) is 20.5. The number of rotatable bonds is 5. The summed E-state index contributed by atoms with van der Waals surface area (Å²) in [4.78, 5) is 16.7. The second-order valence-electron chi connectivity index (χ2n) is 15.1. The summed E-state index contributed by atoms with van der Waals surface area (Å²) in [6.07, 6.45) is 0. The van der Waals surface area contributed by atoms with Gasteiger partial charge in [0.25, 0.3) is 0 Å². The Bertz CT molecular complexity index is 3170. The standard InChI is InChI=1S/C54H33N3S/c1-3-15-34(16-4-1)35-29-31-37(32-30-35)52-55-51(36-17-5-2-6-18-36)56-53(57-52)39-20-13-19-38(33-39)40-24-14-27-46-48(40)49-43-23-9-12-28-47(43)58-50(49)54(46)44-25-10-7-21-41(44)42-22-8-11-26-45(42)54/h1-33H. The van der Waals surface area contributed by atoms with Crippen molar-refractivity contribution in [3.05, 3.63) is 222 Å². The third kappa shape index (κ3) is 4.82. The van der Waals surface area contributed by atoms with Gasteiger partial charge in [0.15, 0.2) is 17.5 Å². The van der Waals surface area contributed by atoms with Crippen LogP contribution in [0.5, 0.6) is 0 Å². The van der Waals surface area contributed by atoms with E-state index in [1.54, 1.807) is 0 Å². The molecule has 0 radical (unpaired) electrons. The number of thiophene rings is 1. The quantitative estimate of drug-likeness (QED) is 0.176. The predicted molar refractivity (Wildman–Crippen MR) is 239 cm³/mol. The van der Waals surface area contributed by atoms with Crippen LogP contribution in [0.3, 0.4) is 0 Å². The van der Waals surface area contributed by atoms with Crippen LogP contribution < -0.4 is 0 Å². The molecule has 0 atom stereocenters. The summed E-state index contributed by atoms with van der Waals surface area (Å²) in [6.45, 7) is 0. The molecule has 0 aliphatic heterocycles. The van der Waals surface area contributed by atoms with Gasteiger partial charge in [-0.1, -0.05) is 188 Å². The van der Waals surface area contributed by atoms with Crippen LogP contribution in [-0.2, 0) is 5.41 Å². The fraction of sp³-hybridized carbons (Fsp3) is 0.0185. The minimum Gasteiger partial charge on any atom is -0.208 e. The SMILES string of the molecule is c1ccc(-c2ccc(-c3nc(-c4ccccc4)nc(-c4cccc(-c5cccc6c5-c5c(sc7ccccc57)C65c6ccccc6-c6ccccc65)c4)n3)cc2)cc1. The van der Waals surface area contributed by atoms with Gasteiger partial charge in [-0.25, -0.2) is 15.0 Å². The van der Waals surface area contributed by atoms with Crippen LogP contribution in [0.4, 0.5) is 0 Å². The molecule has 12 rings (SSSR count). The Hall–Kier alpha value is -7.27. The van der Waals surface area contributed by atoms with Crippen molar-refractivity contribution in [1.29, 1.82) is 0 Å². The van der Waals surface area contributed by atoms with Crippen LogP contribution >= 0.6 is 11.3 Å². The summed E-state index contributed by atoms with van der Waals surface area (Å²) in [5.74, 6) is 1.93. The first-order chi connectivity index (χ1) is 28.8. The smallest absolute Gasteiger partial charge is 0.164 e. The van der Waals surface area contributed by atoms with E-state index in [0.29, 0.717) is 17.5 Å². The number of benzene rings is 8. The second-order valence-corrected chi connectivity index (χ2v) is 16.1. The first-order valence-electron chi connectivity index (χ1n) is 19.7. The van der Waals surface area contributed by atoms with Crippen LogP contribution in [0, 0.1) is 0 Å². The molecular formula is C54H33N3S. The van der Waals surface area contributed by atoms with Crippen molar-refractivity contribution >= 4 is 21.4 Å². The van der Waals surface area contributed by atoms with Gasteiger partial charge in [0, 0.05) is 37.2 Å². The van der Waals surface area contributed by atoms with E-state index in [1.807, 2.05) is 35.6 Å². The maximum Gasteiger partial charge on any atom is 0.164 e. The van der Waals surface area contributed by atoms with Crippen molar-refractivity contribution in [2.24, 2.45) is 0 Å². The van der Waals surface area contributed by atoms with E-state index in [9.17, 15) is 0 Å². The molecule has 4 heteroatoms. The summed E-state index contributed by atoms with van der Waals surface area (Å²) in [5.41, 5.74) is 16.4. The Morgan fingerprint density at radius 2 is 0.793 bits per heavy atom. The Morgan fingerprint density at radius 1 is 0.328 bits per heavy atom. The highest BCUT2D eigenvalue weighted by molar-refractivity contribution is 7.20. The van der Waals surface area contributed by atoms with Gasteiger partial charge in [-0.15, -0.1) is 11.3 Å². The number of fused-ring (bicyclic) bond motifs is 12. The summed E-state index contributed by atoms with van der Waals surface area (Å²) in [5, 5.41) is 1.30. The number of aromatic nitrogens is 3. The molecular weight excluding hydrogens is 723 g/mol. The van der Waals surface area contributed by atoms with E-state index in [-0.39, 0.29) is 0 Å². The zero-order valence-electron chi connectivity index (χ0n) is 31.3. The molecule has 3 nitrogen and oxygen atoms in total. The van der Waals surface area contributed by atoms with Crippen molar-refractivity contribution in [3.8, 4) is 78.7 Å². The molecule has 2 aliphatic carbocycles. The van der Waals surface area contributed by atoms with E-state index < -0.39 is 5.41 Å². The highest BCUT2D eigenvalue weighted by Gasteiger charge is 2.53. The van der Waals surface area contributed by atoms with Gasteiger partial charge in [-0.05, 0) is 67.8 Å². The summed E-state index contributed by atoms with van der Waals surface area (Å²) < 4.78 is 1.31. The maximum atomic E-state index is 5.17. The molecule has 0 fully saturated rings. The normalized spacial score (nSPS) is 13.0. The molecule has 2 aromatic heterocycles. The Labute approximate surface area is 340 Å².